The smallest absolute Gasteiger partial charge is 0.212 e. The largest absolute Gasteiger partial charge is 0.370 e. The molecule has 0 fully saturated rings. The molecule has 0 aliphatic carbocycles. The number of hydrogen-bond donors (Lipinski definition) is 2. The number of aliphatic imine (C=N–C) groups is 1. The van der Waals surface area contributed by atoms with Crippen molar-refractivity contribution in [2.75, 3.05) is 5.32 Å². The zero-order valence-electron chi connectivity index (χ0n) is 11.0. The van der Waals surface area contributed by atoms with Gasteiger partial charge in [0, 0.05) is 10.6 Å². The molecular weight excluding hydrogens is 286 g/mol. The molecule has 0 bridgehead atoms. The third-order valence-electron chi connectivity index (χ3n) is 3.53. The number of benzene rings is 2. The van der Waals surface area contributed by atoms with Crippen molar-refractivity contribution in [2.24, 2.45) is 10.7 Å². The summed E-state index contributed by atoms with van der Waals surface area (Å²) in [6, 6.07) is 15.5. The molecule has 0 unspecified atom stereocenters. The highest BCUT2D eigenvalue weighted by atomic mass is 35.5. The number of para-hydroxylation sites is 2. The lowest BCUT2D eigenvalue weighted by molar-refractivity contribution is 0.626. The van der Waals surface area contributed by atoms with Gasteiger partial charge in [0.1, 0.15) is 0 Å². The first-order chi connectivity index (χ1) is 10.2. The van der Waals surface area contributed by atoms with Gasteiger partial charge in [-0.1, -0.05) is 41.9 Å². The summed E-state index contributed by atoms with van der Waals surface area (Å²) in [5.74, 6) is 1.01. The van der Waals surface area contributed by atoms with Crippen LogP contribution in [0, 0.1) is 0 Å². The average Bonchev–Trinajstić information content (AvgIpc) is 2.85. The maximum Gasteiger partial charge on any atom is 0.212 e. The second kappa shape index (κ2) is 4.49. The van der Waals surface area contributed by atoms with Gasteiger partial charge in [-0.25, -0.2) is 9.98 Å². The van der Waals surface area contributed by atoms with Crippen LogP contribution in [0.5, 0.6) is 0 Å². The highest BCUT2D eigenvalue weighted by Gasteiger charge is 2.26. The fraction of sp³-hybridized carbons (Fsp3) is 0.0667. The van der Waals surface area contributed by atoms with E-state index >= 15 is 0 Å². The summed E-state index contributed by atoms with van der Waals surface area (Å²) < 4.78 is 2.01. The summed E-state index contributed by atoms with van der Waals surface area (Å²) in [6.45, 7) is 0. The second-order valence-corrected chi connectivity index (χ2v) is 5.24. The van der Waals surface area contributed by atoms with Crippen LogP contribution in [-0.4, -0.2) is 15.5 Å². The highest BCUT2D eigenvalue weighted by Crippen LogP contribution is 2.34. The molecule has 1 aliphatic rings. The van der Waals surface area contributed by atoms with E-state index in [4.69, 9.17) is 17.3 Å². The topological polar surface area (TPSA) is 68.2 Å². The maximum absolute atomic E-state index is 6.33. The van der Waals surface area contributed by atoms with E-state index in [0.717, 1.165) is 16.6 Å². The van der Waals surface area contributed by atoms with Gasteiger partial charge in [-0.3, -0.25) is 9.88 Å². The van der Waals surface area contributed by atoms with E-state index in [1.807, 2.05) is 53.1 Å². The number of imidazole rings is 1. The molecule has 3 aromatic rings. The monoisotopic (exact) mass is 297 g/mol. The minimum atomic E-state index is -0.317. The lowest BCUT2D eigenvalue weighted by atomic mass is 10.1. The third-order valence-corrected chi connectivity index (χ3v) is 3.87. The summed E-state index contributed by atoms with van der Waals surface area (Å²) in [4.78, 5) is 9.06. The van der Waals surface area contributed by atoms with E-state index in [-0.39, 0.29) is 6.17 Å². The van der Waals surface area contributed by atoms with Gasteiger partial charge < -0.3 is 5.73 Å². The number of halogens is 1. The van der Waals surface area contributed by atoms with Crippen LogP contribution in [0.3, 0.4) is 0 Å². The van der Waals surface area contributed by atoms with Crippen LogP contribution in [0.4, 0.5) is 5.95 Å². The Morgan fingerprint density at radius 2 is 1.86 bits per heavy atom. The summed E-state index contributed by atoms with van der Waals surface area (Å²) in [5.41, 5.74) is 8.67. The molecule has 1 aromatic heterocycles. The molecule has 2 aromatic carbocycles. The van der Waals surface area contributed by atoms with Crippen LogP contribution in [0.1, 0.15) is 11.7 Å². The molecule has 5 nitrogen and oxygen atoms in total. The Morgan fingerprint density at radius 3 is 2.71 bits per heavy atom. The SMILES string of the molecule is NC1=N[C@@H](c2ccccc2Cl)n2c(nc3ccccc32)N1. The van der Waals surface area contributed by atoms with Gasteiger partial charge in [0.25, 0.3) is 0 Å². The lowest BCUT2D eigenvalue weighted by Crippen LogP contribution is -2.31. The fourth-order valence-electron chi connectivity index (χ4n) is 2.61. The molecule has 21 heavy (non-hydrogen) atoms. The highest BCUT2D eigenvalue weighted by molar-refractivity contribution is 6.31. The number of fused-ring (bicyclic) bond motifs is 3. The molecule has 0 saturated carbocycles. The normalized spacial score (nSPS) is 17.2. The number of nitrogens with zero attached hydrogens (tertiary/aromatic N) is 3. The van der Waals surface area contributed by atoms with E-state index in [1.165, 1.54) is 0 Å². The van der Waals surface area contributed by atoms with Gasteiger partial charge in [0.05, 0.1) is 11.0 Å². The third kappa shape index (κ3) is 1.86. The first-order valence-corrected chi connectivity index (χ1v) is 6.93. The molecule has 4 rings (SSSR count). The molecule has 1 atom stereocenters. The van der Waals surface area contributed by atoms with Crippen molar-refractivity contribution in [3.05, 3.63) is 59.1 Å². The molecular formula is C15H12ClN5. The molecule has 104 valence electrons. The summed E-state index contributed by atoms with van der Waals surface area (Å²) in [6.07, 6.45) is -0.317. The van der Waals surface area contributed by atoms with Crippen LogP contribution in [0.25, 0.3) is 11.0 Å². The average molecular weight is 298 g/mol. The molecule has 6 heteroatoms. The van der Waals surface area contributed by atoms with Crippen molar-refractivity contribution in [3.8, 4) is 0 Å². The van der Waals surface area contributed by atoms with Gasteiger partial charge in [-0.15, -0.1) is 0 Å². The Bertz CT molecular complexity index is 867. The zero-order chi connectivity index (χ0) is 14.4. The van der Waals surface area contributed by atoms with E-state index in [9.17, 15) is 0 Å². The first kappa shape index (κ1) is 12.2. The van der Waals surface area contributed by atoms with Gasteiger partial charge >= 0.3 is 0 Å². The maximum atomic E-state index is 6.33. The van der Waals surface area contributed by atoms with Crippen LogP contribution in [0.15, 0.2) is 53.5 Å². The lowest BCUT2D eigenvalue weighted by Gasteiger charge is -2.24. The Morgan fingerprint density at radius 1 is 1.10 bits per heavy atom. The number of nitrogens with one attached hydrogen (secondary N) is 1. The van der Waals surface area contributed by atoms with Crippen molar-refractivity contribution in [1.82, 2.24) is 9.55 Å². The number of nitrogens with two attached hydrogens (primary N) is 1. The summed E-state index contributed by atoms with van der Waals surface area (Å²) >= 11 is 6.33. The summed E-state index contributed by atoms with van der Waals surface area (Å²) in [5, 5.41) is 3.66. The van der Waals surface area contributed by atoms with E-state index < -0.39 is 0 Å². The number of rotatable bonds is 1. The van der Waals surface area contributed by atoms with Crippen molar-refractivity contribution >= 4 is 34.5 Å². The van der Waals surface area contributed by atoms with Gasteiger partial charge in [0.15, 0.2) is 12.1 Å². The Balaban J connectivity index is 2.00. The standard InChI is InChI=1S/C15H12ClN5/c16-10-6-2-1-5-9(10)13-19-14(17)20-15-18-11-7-3-4-8-12(11)21(13)15/h1-8,13H,(H3,17,18,19,20)/t13-/m1/s1. The minimum Gasteiger partial charge on any atom is -0.370 e. The molecule has 0 spiro atoms. The number of guanidine groups is 1. The van der Waals surface area contributed by atoms with Crippen LogP contribution < -0.4 is 11.1 Å². The molecule has 1 aliphatic heterocycles. The number of anilines is 1. The van der Waals surface area contributed by atoms with E-state index in [1.54, 1.807) is 0 Å². The van der Waals surface area contributed by atoms with Crippen molar-refractivity contribution in [1.29, 1.82) is 0 Å². The van der Waals surface area contributed by atoms with Crippen molar-refractivity contribution < 1.29 is 0 Å². The van der Waals surface area contributed by atoms with Crippen molar-refractivity contribution in [3.63, 3.8) is 0 Å². The van der Waals surface area contributed by atoms with Gasteiger partial charge in [-0.05, 0) is 18.2 Å². The molecule has 0 radical (unpaired) electrons. The number of aromatic nitrogens is 2. The molecule has 2 heterocycles. The molecule has 0 amide bonds. The predicted octanol–water partition coefficient (Wildman–Crippen LogP) is 2.98. The molecule has 3 N–H and O–H groups in total. The Kier molecular flexibility index (Phi) is 2.62. The van der Waals surface area contributed by atoms with Crippen LogP contribution in [-0.2, 0) is 0 Å². The van der Waals surface area contributed by atoms with Crippen LogP contribution >= 0.6 is 11.6 Å². The fourth-order valence-corrected chi connectivity index (χ4v) is 2.84. The molecule has 0 saturated heterocycles. The van der Waals surface area contributed by atoms with E-state index in [2.05, 4.69) is 15.3 Å². The van der Waals surface area contributed by atoms with Gasteiger partial charge in [-0.2, -0.15) is 0 Å². The minimum absolute atomic E-state index is 0.317. The van der Waals surface area contributed by atoms with Gasteiger partial charge in [0.2, 0.25) is 5.95 Å². The quantitative estimate of drug-likeness (QED) is 0.725. The summed E-state index contributed by atoms with van der Waals surface area (Å²) in [7, 11) is 0. The van der Waals surface area contributed by atoms with Crippen molar-refractivity contribution in [2.45, 2.75) is 6.17 Å². The van der Waals surface area contributed by atoms with E-state index in [0.29, 0.717) is 16.9 Å². The predicted molar refractivity (Wildman–Crippen MR) is 84.6 cm³/mol. The number of hydrogen-bond acceptors (Lipinski definition) is 4. The van der Waals surface area contributed by atoms with Crippen LogP contribution in [0.2, 0.25) is 5.02 Å². The Hall–Kier alpha value is -2.53. The first-order valence-electron chi connectivity index (χ1n) is 6.56. The Labute approximate surface area is 126 Å². The zero-order valence-corrected chi connectivity index (χ0v) is 11.7. The second-order valence-electron chi connectivity index (χ2n) is 4.83.